The number of carbonyl (C=O) groups excluding carboxylic acids is 1. The van der Waals surface area contributed by atoms with E-state index in [1.165, 1.54) is 7.05 Å². The monoisotopic (exact) mass is 254 g/mol. The molecule has 1 aliphatic heterocycles. The molecule has 0 saturated carbocycles. The van der Waals surface area contributed by atoms with Crippen molar-refractivity contribution in [2.75, 3.05) is 33.4 Å². The topological polar surface area (TPSA) is 41.6 Å². The molecule has 0 spiro atoms. The van der Waals surface area contributed by atoms with E-state index < -0.39 is 12.6 Å². The van der Waals surface area contributed by atoms with Crippen LogP contribution in [-0.4, -0.2) is 56.4 Å². The molecule has 1 rings (SSSR count). The van der Waals surface area contributed by atoms with Gasteiger partial charge in [-0.2, -0.15) is 13.2 Å². The van der Waals surface area contributed by atoms with Gasteiger partial charge in [0, 0.05) is 32.6 Å². The summed E-state index contributed by atoms with van der Waals surface area (Å²) in [6.07, 6.45) is -5.01. The molecule has 7 heteroatoms. The molecular weight excluding hydrogens is 237 g/mol. The van der Waals surface area contributed by atoms with Crippen molar-refractivity contribution in [1.82, 2.24) is 10.2 Å². The molecule has 1 saturated heterocycles. The molecule has 17 heavy (non-hydrogen) atoms. The van der Waals surface area contributed by atoms with E-state index >= 15 is 0 Å². The molecule has 1 heterocycles. The molecule has 0 aromatic heterocycles. The van der Waals surface area contributed by atoms with Gasteiger partial charge in [0.15, 0.2) is 0 Å². The Morgan fingerprint density at radius 1 is 1.53 bits per heavy atom. The lowest BCUT2D eigenvalue weighted by Gasteiger charge is -2.25. The van der Waals surface area contributed by atoms with E-state index in [4.69, 9.17) is 4.74 Å². The maximum Gasteiger partial charge on any atom is 0.390 e. The highest BCUT2D eigenvalue weighted by Crippen LogP contribution is 2.19. The first-order chi connectivity index (χ1) is 7.88. The third-order valence-electron chi connectivity index (χ3n) is 2.58. The van der Waals surface area contributed by atoms with Crippen molar-refractivity contribution in [1.29, 1.82) is 0 Å². The Balaban J connectivity index is 2.26. The summed E-state index contributed by atoms with van der Waals surface area (Å²) in [5.74, 6) is -0.294. The van der Waals surface area contributed by atoms with Crippen molar-refractivity contribution in [3.8, 4) is 0 Å². The molecule has 0 aliphatic carbocycles. The van der Waals surface area contributed by atoms with E-state index in [-0.39, 0.29) is 24.9 Å². The zero-order chi connectivity index (χ0) is 12.9. The lowest BCUT2D eigenvalue weighted by Crippen LogP contribution is -2.44. The van der Waals surface area contributed by atoms with Crippen LogP contribution in [-0.2, 0) is 9.53 Å². The highest BCUT2D eigenvalue weighted by molar-refractivity contribution is 5.76. The molecular formula is C10H17F3N2O2. The Bertz CT molecular complexity index is 252. The molecule has 1 unspecified atom stereocenters. The molecule has 1 fully saturated rings. The maximum atomic E-state index is 12.0. The summed E-state index contributed by atoms with van der Waals surface area (Å²) >= 11 is 0. The van der Waals surface area contributed by atoms with Crippen LogP contribution >= 0.6 is 0 Å². The minimum absolute atomic E-state index is 0.0930. The quantitative estimate of drug-likeness (QED) is 0.806. The van der Waals surface area contributed by atoms with Gasteiger partial charge in [0.25, 0.3) is 0 Å². The second-order valence-electron chi connectivity index (χ2n) is 4.11. The van der Waals surface area contributed by atoms with Crippen LogP contribution in [0, 0.1) is 0 Å². The first-order valence-corrected chi connectivity index (χ1v) is 5.50. The van der Waals surface area contributed by atoms with Gasteiger partial charge < -0.3 is 15.0 Å². The second kappa shape index (κ2) is 6.20. The summed E-state index contributed by atoms with van der Waals surface area (Å²) in [5.41, 5.74) is 0. The summed E-state index contributed by atoms with van der Waals surface area (Å²) in [5, 5.41) is 3.08. The third-order valence-corrected chi connectivity index (χ3v) is 2.58. The second-order valence-corrected chi connectivity index (χ2v) is 4.11. The number of rotatable bonds is 4. The van der Waals surface area contributed by atoms with E-state index in [9.17, 15) is 18.0 Å². The molecule has 0 aromatic carbocycles. The van der Waals surface area contributed by atoms with Crippen LogP contribution in [0.2, 0.25) is 0 Å². The molecule has 0 aromatic rings. The van der Waals surface area contributed by atoms with Crippen LogP contribution in [0.1, 0.15) is 12.8 Å². The molecule has 0 bridgehead atoms. The number of amides is 1. The van der Waals surface area contributed by atoms with Gasteiger partial charge in [-0.3, -0.25) is 4.79 Å². The summed E-state index contributed by atoms with van der Waals surface area (Å²) in [6.45, 7) is 1.41. The number of hydrogen-bond acceptors (Lipinski definition) is 3. The van der Waals surface area contributed by atoms with Gasteiger partial charge in [-0.25, -0.2) is 0 Å². The molecule has 4 nitrogen and oxygen atoms in total. The Kier molecular flexibility index (Phi) is 5.20. The Morgan fingerprint density at radius 2 is 2.24 bits per heavy atom. The fourth-order valence-corrected chi connectivity index (χ4v) is 1.54. The Hall–Kier alpha value is -0.820. The van der Waals surface area contributed by atoms with Gasteiger partial charge in [0.1, 0.15) is 0 Å². The van der Waals surface area contributed by atoms with Crippen LogP contribution in [0.3, 0.4) is 0 Å². The Morgan fingerprint density at radius 3 is 2.76 bits per heavy atom. The van der Waals surface area contributed by atoms with Crippen molar-refractivity contribution in [2.24, 2.45) is 0 Å². The standard InChI is InChI=1S/C10H17F3N2O2/c1-15(4-2-10(11,12)13)9(16)6-8-7-17-5-3-14-8/h8,14H,2-7H2,1H3. The third kappa shape index (κ3) is 5.88. The smallest absolute Gasteiger partial charge is 0.378 e. The summed E-state index contributed by atoms with van der Waals surface area (Å²) in [4.78, 5) is 12.7. The lowest BCUT2D eigenvalue weighted by atomic mass is 10.2. The first kappa shape index (κ1) is 14.2. The number of carbonyl (C=O) groups is 1. The molecule has 1 aliphatic rings. The Labute approximate surface area is 98.1 Å². The number of morpholine rings is 1. The molecule has 1 N–H and O–H groups in total. The maximum absolute atomic E-state index is 12.0. The van der Waals surface area contributed by atoms with Crippen LogP contribution in [0.5, 0.6) is 0 Å². The van der Waals surface area contributed by atoms with Crippen molar-refractivity contribution < 1.29 is 22.7 Å². The SMILES string of the molecule is CN(CCC(F)(F)F)C(=O)CC1COCCN1. The van der Waals surface area contributed by atoms with E-state index in [0.717, 1.165) is 4.90 Å². The zero-order valence-corrected chi connectivity index (χ0v) is 9.72. The highest BCUT2D eigenvalue weighted by atomic mass is 19.4. The largest absolute Gasteiger partial charge is 0.390 e. The molecule has 100 valence electrons. The number of hydrogen-bond donors (Lipinski definition) is 1. The van der Waals surface area contributed by atoms with Crippen molar-refractivity contribution in [2.45, 2.75) is 25.1 Å². The number of nitrogens with one attached hydrogen (secondary N) is 1. The number of alkyl halides is 3. The summed E-state index contributed by atoms with van der Waals surface area (Å²) in [6, 6.07) is -0.0930. The highest BCUT2D eigenvalue weighted by Gasteiger charge is 2.28. The predicted octanol–water partition coefficient (Wildman–Crippen LogP) is 0.776. The van der Waals surface area contributed by atoms with Crippen LogP contribution in [0.15, 0.2) is 0 Å². The van der Waals surface area contributed by atoms with Gasteiger partial charge in [0.2, 0.25) is 5.91 Å². The van der Waals surface area contributed by atoms with E-state index in [2.05, 4.69) is 5.32 Å². The zero-order valence-electron chi connectivity index (χ0n) is 9.72. The number of halogens is 3. The van der Waals surface area contributed by atoms with Crippen molar-refractivity contribution in [3.63, 3.8) is 0 Å². The fraction of sp³-hybridized carbons (Fsp3) is 0.900. The van der Waals surface area contributed by atoms with Crippen molar-refractivity contribution >= 4 is 5.91 Å². The number of ether oxygens (including phenoxy) is 1. The molecule has 1 amide bonds. The van der Waals surface area contributed by atoms with Gasteiger partial charge >= 0.3 is 6.18 Å². The summed E-state index contributed by atoms with van der Waals surface area (Å²) in [7, 11) is 1.39. The van der Waals surface area contributed by atoms with E-state index in [0.29, 0.717) is 19.8 Å². The average Bonchev–Trinajstić information content (AvgIpc) is 2.26. The van der Waals surface area contributed by atoms with Gasteiger partial charge in [0.05, 0.1) is 19.6 Å². The minimum Gasteiger partial charge on any atom is -0.378 e. The molecule has 1 atom stereocenters. The first-order valence-electron chi connectivity index (χ1n) is 5.50. The predicted molar refractivity (Wildman–Crippen MR) is 55.5 cm³/mol. The van der Waals surface area contributed by atoms with Gasteiger partial charge in [-0.1, -0.05) is 0 Å². The lowest BCUT2D eigenvalue weighted by molar-refractivity contribution is -0.144. The van der Waals surface area contributed by atoms with E-state index in [1.807, 2.05) is 0 Å². The fourth-order valence-electron chi connectivity index (χ4n) is 1.54. The number of nitrogens with zero attached hydrogens (tertiary/aromatic N) is 1. The van der Waals surface area contributed by atoms with Crippen LogP contribution in [0.25, 0.3) is 0 Å². The van der Waals surface area contributed by atoms with Crippen molar-refractivity contribution in [3.05, 3.63) is 0 Å². The van der Waals surface area contributed by atoms with Gasteiger partial charge in [-0.05, 0) is 0 Å². The van der Waals surface area contributed by atoms with E-state index in [1.54, 1.807) is 0 Å². The van der Waals surface area contributed by atoms with Gasteiger partial charge in [-0.15, -0.1) is 0 Å². The normalized spacial score (nSPS) is 21.3. The van der Waals surface area contributed by atoms with Crippen LogP contribution in [0.4, 0.5) is 13.2 Å². The average molecular weight is 254 g/mol. The minimum atomic E-state index is -4.22. The summed E-state index contributed by atoms with van der Waals surface area (Å²) < 4.78 is 41.1. The van der Waals surface area contributed by atoms with Crippen LogP contribution < -0.4 is 5.32 Å². The molecule has 0 radical (unpaired) electrons.